The normalized spacial score (nSPS) is 16.2. The van der Waals surface area contributed by atoms with E-state index >= 15 is 0 Å². The van der Waals surface area contributed by atoms with Crippen LogP contribution in [0.5, 0.6) is 0 Å². The minimum atomic E-state index is -4.54. The number of halogens is 3. The fraction of sp³-hybridized carbons (Fsp3) is 0.367. The van der Waals surface area contributed by atoms with Crippen molar-refractivity contribution in [1.29, 1.82) is 0 Å². The van der Waals surface area contributed by atoms with Crippen LogP contribution in [0.2, 0.25) is 0 Å². The molecule has 1 amide bonds. The summed E-state index contributed by atoms with van der Waals surface area (Å²) < 4.78 is 41.8. The number of amides is 1. The molecule has 1 aromatic heterocycles. The number of nitrogens with one attached hydrogen (secondary N) is 2. The molecule has 1 aliphatic carbocycles. The maximum atomic E-state index is 13.9. The average Bonchev–Trinajstić information content (AvgIpc) is 3.74. The predicted molar refractivity (Wildman–Crippen MR) is 148 cm³/mol. The minimum Gasteiger partial charge on any atom is -0.366 e. The van der Waals surface area contributed by atoms with Crippen molar-refractivity contribution in [1.82, 2.24) is 20.0 Å². The van der Waals surface area contributed by atoms with Crippen LogP contribution in [-0.4, -0.2) is 65.2 Å². The van der Waals surface area contributed by atoms with Crippen molar-refractivity contribution in [3.63, 3.8) is 0 Å². The van der Waals surface area contributed by atoms with Gasteiger partial charge in [-0.15, -0.1) is 10.2 Å². The number of aromatic nitrogens is 2. The maximum Gasteiger partial charge on any atom is 0.416 e. The van der Waals surface area contributed by atoms with E-state index in [0.717, 1.165) is 37.6 Å². The van der Waals surface area contributed by atoms with Crippen molar-refractivity contribution in [3.05, 3.63) is 82.0 Å². The van der Waals surface area contributed by atoms with Crippen LogP contribution < -0.4 is 10.6 Å². The molecular formula is C30H31F3N6O. The van der Waals surface area contributed by atoms with E-state index in [2.05, 4.69) is 37.6 Å². The number of benzene rings is 2. The lowest BCUT2D eigenvalue weighted by Crippen LogP contribution is -2.44. The van der Waals surface area contributed by atoms with E-state index in [1.54, 1.807) is 24.3 Å². The number of likely N-dealkylation sites (N-methyl/N-ethyl adjacent to an activating group) is 1. The third-order valence-corrected chi connectivity index (χ3v) is 7.08. The Morgan fingerprint density at radius 2 is 1.77 bits per heavy atom. The number of piperazine rings is 1. The van der Waals surface area contributed by atoms with Crippen LogP contribution in [0.15, 0.2) is 48.5 Å². The molecule has 1 aliphatic heterocycles. The molecule has 2 aliphatic rings. The van der Waals surface area contributed by atoms with Gasteiger partial charge in [0.15, 0.2) is 0 Å². The predicted octanol–water partition coefficient (Wildman–Crippen LogP) is 4.78. The number of carbonyl (C=O) groups is 1. The van der Waals surface area contributed by atoms with Gasteiger partial charge in [0.1, 0.15) is 11.5 Å². The van der Waals surface area contributed by atoms with Gasteiger partial charge in [0.2, 0.25) is 0 Å². The fourth-order valence-electron chi connectivity index (χ4n) is 4.45. The number of carbonyl (C=O) groups excluding carboxylic acids is 1. The molecule has 0 unspecified atom stereocenters. The summed E-state index contributed by atoms with van der Waals surface area (Å²) in [4.78, 5) is 17.2. The van der Waals surface area contributed by atoms with Crippen LogP contribution >= 0.6 is 0 Å². The highest BCUT2D eigenvalue weighted by Crippen LogP contribution is 2.35. The molecule has 208 valence electrons. The molecule has 2 heterocycles. The number of alkyl halides is 3. The van der Waals surface area contributed by atoms with Gasteiger partial charge in [0.25, 0.3) is 5.91 Å². The number of hydrogen-bond donors (Lipinski definition) is 2. The van der Waals surface area contributed by atoms with E-state index in [-0.39, 0.29) is 17.8 Å². The molecule has 2 aromatic carbocycles. The van der Waals surface area contributed by atoms with Crippen molar-refractivity contribution < 1.29 is 18.0 Å². The van der Waals surface area contributed by atoms with E-state index in [0.29, 0.717) is 41.8 Å². The van der Waals surface area contributed by atoms with Gasteiger partial charge in [-0.05, 0) is 80.3 Å². The van der Waals surface area contributed by atoms with Crippen LogP contribution in [0.1, 0.15) is 51.1 Å². The number of hydrogen-bond acceptors (Lipinski definition) is 6. The van der Waals surface area contributed by atoms with Crippen molar-refractivity contribution in [2.24, 2.45) is 0 Å². The van der Waals surface area contributed by atoms with Crippen LogP contribution in [0.25, 0.3) is 0 Å². The third kappa shape index (κ3) is 7.17. The molecule has 10 heteroatoms. The second kappa shape index (κ2) is 11.7. The van der Waals surface area contributed by atoms with E-state index in [1.807, 2.05) is 24.9 Å². The monoisotopic (exact) mass is 548 g/mol. The summed E-state index contributed by atoms with van der Waals surface area (Å²) in [6, 6.07) is 13.1. The quantitative estimate of drug-likeness (QED) is 0.432. The summed E-state index contributed by atoms with van der Waals surface area (Å²) in [5.74, 6) is 6.19. The summed E-state index contributed by atoms with van der Waals surface area (Å²) in [5.41, 5.74) is 1.81. The van der Waals surface area contributed by atoms with Crippen LogP contribution in [0.4, 0.5) is 24.7 Å². The molecule has 0 radical (unpaired) electrons. The molecule has 0 spiro atoms. The summed E-state index contributed by atoms with van der Waals surface area (Å²) in [6.45, 7) is 5.13. The van der Waals surface area contributed by atoms with Gasteiger partial charge in [-0.3, -0.25) is 9.69 Å². The standard InChI is InChI=1S/C30H31F3N6O/c1-20-3-4-22(17-21(20)5-7-25-11-12-28(37-36-25)34-24-9-10-24)29(40)35-26-8-6-23(27(18-26)30(31,32)33)19-39-15-13-38(2)14-16-39/h3-4,6,8,11-12,17-18,24H,9-10,13-16,19H2,1-2H3,(H,34,37)(H,35,40). The summed E-state index contributed by atoms with van der Waals surface area (Å²) in [5, 5.41) is 14.2. The Hall–Kier alpha value is -3.94. The second-order valence-electron chi connectivity index (χ2n) is 10.4. The number of rotatable bonds is 6. The molecule has 0 bridgehead atoms. The maximum absolute atomic E-state index is 13.9. The van der Waals surface area contributed by atoms with E-state index in [9.17, 15) is 18.0 Å². The zero-order valence-electron chi connectivity index (χ0n) is 22.5. The van der Waals surface area contributed by atoms with Crippen LogP contribution in [0, 0.1) is 18.8 Å². The zero-order valence-corrected chi connectivity index (χ0v) is 22.5. The molecule has 2 N–H and O–H groups in total. The van der Waals surface area contributed by atoms with Crippen molar-refractivity contribution in [3.8, 4) is 11.8 Å². The summed E-state index contributed by atoms with van der Waals surface area (Å²) in [7, 11) is 2.00. The van der Waals surface area contributed by atoms with Gasteiger partial charge < -0.3 is 15.5 Å². The Morgan fingerprint density at radius 1 is 1.00 bits per heavy atom. The van der Waals surface area contributed by atoms with Gasteiger partial charge in [-0.2, -0.15) is 13.2 Å². The molecule has 40 heavy (non-hydrogen) atoms. The lowest BCUT2D eigenvalue weighted by molar-refractivity contribution is -0.138. The van der Waals surface area contributed by atoms with Crippen molar-refractivity contribution >= 4 is 17.4 Å². The molecule has 7 nitrogen and oxygen atoms in total. The fourth-order valence-corrected chi connectivity index (χ4v) is 4.45. The first-order chi connectivity index (χ1) is 19.1. The van der Waals surface area contributed by atoms with Crippen molar-refractivity contribution in [2.45, 2.75) is 38.5 Å². The first-order valence-corrected chi connectivity index (χ1v) is 13.3. The first-order valence-electron chi connectivity index (χ1n) is 13.3. The van der Waals surface area contributed by atoms with Gasteiger partial charge in [0, 0.05) is 55.6 Å². The van der Waals surface area contributed by atoms with Crippen LogP contribution in [0.3, 0.4) is 0 Å². The third-order valence-electron chi connectivity index (χ3n) is 7.08. The van der Waals surface area contributed by atoms with Gasteiger partial charge >= 0.3 is 6.18 Å². The second-order valence-corrected chi connectivity index (χ2v) is 10.4. The van der Waals surface area contributed by atoms with E-state index in [4.69, 9.17) is 0 Å². The lowest BCUT2D eigenvalue weighted by atomic mass is 10.0. The molecular weight excluding hydrogens is 517 g/mol. The summed E-state index contributed by atoms with van der Waals surface area (Å²) >= 11 is 0. The first kappa shape index (κ1) is 27.6. The molecule has 1 saturated heterocycles. The highest BCUT2D eigenvalue weighted by molar-refractivity contribution is 6.04. The highest BCUT2D eigenvalue weighted by atomic mass is 19.4. The minimum absolute atomic E-state index is 0.0860. The van der Waals surface area contributed by atoms with Crippen molar-refractivity contribution in [2.75, 3.05) is 43.9 Å². The Morgan fingerprint density at radius 3 is 2.45 bits per heavy atom. The lowest BCUT2D eigenvalue weighted by Gasteiger charge is -2.33. The molecule has 2 fully saturated rings. The molecule has 0 atom stereocenters. The zero-order chi connectivity index (χ0) is 28.3. The topological polar surface area (TPSA) is 73.4 Å². The molecule has 1 saturated carbocycles. The Bertz CT molecular complexity index is 1430. The van der Waals surface area contributed by atoms with Crippen LogP contribution in [-0.2, 0) is 12.7 Å². The Kier molecular flexibility index (Phi) is 8.05. The Labute approximate surface area is 231 Å². The molecule has 3 aromatic rings. The SMILES string of the molecule is Cc1ccc(C(=O)Nc2ccc(CN3CCN(C)CC3)c(C(F)(F)F)c2)cc1C#Cc1ccc(NC2CC2)nn1. The van der Waals surface area contributed by atoms with E-state index in [1.165, 1.54) is 12.1 Å². The van der Waals surface area contributed by atoms with Gasteiger partial charge in [0.05, 0.1) is 5.56 Å². The Balaban J connectivity index is 1.29. The highest BCUT2D eigenvalue weighted by Gasteiger charge is 2.34. The number of aryl methyl sites for hydroxylation is 1. The number of anilines is 2. The average molecular weight is 549 g/mol. The van der Waals surface area contributed by atoms with Gasteiger partial charge in [-0.25, -0.2) is 0 Å². The molecule has 5 rings (SSSR count). The smallest absolute Gasteiger partial charge is 0.366 e. The van der Waals surface area contributed by atoms with E-state index < -0.39 is 17.6 Å². The number of nitrogens with zero attached hydrogens (tertiary/aromatic N) is 4. The summed E-state index contributed by atoms with van der Waals surface area (Å²) in [6.07, 6.45) is -2.26. The largest absolute Gasteiger partial charge is 0.416 e. The van der Waals surface area contributed by atoms with Gasteiger partial charge in [-0.1, -0.05) is 18.1 Å².